The molecule has 0 radical (unpaired) electrons. The Morgan fingerprint density at radius 2 is 2.27 bits per heavy atom. The van der Waals surface area contributed by atoms with E-state index < -0.39 is 5.60 Å². The van der Waals surface area contributed by atoms with Crippen LogP contribution in [0.4, 0.5) is 0 Å². The van der Waals surface area contributed by atoms with Crippen molar-refractivity contribution in [3.63, 3.8) is 0 Å². The highest BCUT2D eigenvalue weighted by Crippen LogP contribution is 2.41. The summed E-state index contributed by atoms with van der Waals surface area (Å²) < 4.78 is 0. The lowest BCUT2D eigenvalue weighted by Gasteiger charge is -2.44. The van der Waals surface area contributed by atoms with Gasteiger partial charge in [0.1, 0.15) is 0 Å². The van der Waals surface area contributed by atoms with E-state index >= 15 is 0 Å². The molecule has 0 saturated heterocycles. The van der Waals surface area contributed by atoms with Crippen molar-refractivity contribution < 1.29 is 5.11 Å². The summed E-state index contributed by atoms with van der Waals surface area (Å²) in [5.74, 6) is 0. The molecule has 0 saturated carbocycles. The molecule has 3 nitrogen and oxygen atoms in total. The van der Waals surface area contributed by atoms with Gasteiger partial charge in [0.15, 0.2) is 0 Å². The van der Waals surface area contributed by atoms with E-state index in [0.717, 1.165) is 19.5 Å². The van der Waals surface area contributed by atoms with E-state index in [1.54, 1.807) is 0 Å². The van der Waals surface area contributed by atoms with E-state index in [1.807, 2.05) is 6.92 Å². The highest BCUT2D eigenvalue weighted by Gasteiger charge is 2.38. The molecule has 0 unspecified atom stereocenters. The topological polar surface area (TPSA) is 39.3 Å². The van der Waals surface area contributed by atoms with Crippen LogP contribution in [0.15, 0.2) is 30.5 Å². The molecule has 3 heteroatoms. The molecular formula is C19H24N2O. The molecular weight excluding hydrogens is 272 g/mol. The second-order valence-corrected chi connectivity index (χ2v) is 7.04. The maximum absolute atomic E-state index is 10.7. The van der Waals surface area contributed by atoms with Crippen LogP contribution in [-0.2, 0) is 6.42 Å². The number of H-pyrrole nitrogens is 1. The summed E-state index contributed by atoms with van der Waals surface area (Å²) in [6.45, 7) is 5.95. The largest absolute Gasteiger partial charge is 0.385 e. The van der Waals surface area contributed by atoms with E-state index in [1.165, 1.54) is 40.4 Å². The summed E-state index contributed by atoms with van der Waals surface area (Å²) in [4.78, 5) is 5.88. The Bertz CT molecular complexity index is 741. The number of rotatable bonds is 3. The minimum absolute atomic E-state index is 0.403. The predicted molar refractivity (Wildman–Crippen MR) is 90.9 cm³/mol. The van der Waals surface area contributed by atoms with Crippen molar-refractivity contribution in [2.45, 2.75) is 44.8 Å². The fraction of sp³-hybridized carbons (Fsp3) is 0.474. The standard InChI is InChI=1S/C19H24N2O/c1-3-4-8-21-12-19(2,22)10-15-14-6-5-7-16-18(14)13(11-20-16)9-17(15)21/h5-7,10-11,17,20,22H,3-4,8-9,12H2,1-2H3/t17-,19+/m1/s1. The number of unbranched alkanes of at least 4 members (excludes halogenated alkanes) is 1. The predicted octanol–water partition coefficient (Wildman–Crippen LogP) is 3.34. The molecule has 2 heterocycles. The van der Waals surface area contributed by atoms with Crippen molar-refractivity contribution >= 4 is 16.5 Å². The van der Waals surface area contributed by atoms with Gasteiger partial charge in [-0.2, -0.15) is 0 Å². The van der Waals surface area contributed by atoms with Gasteiger partial charge in [-0.25, -0.2) is 0 Å². The van der Waals surface area contributed by atoms with Crippen LogP contribution >= 0.6 is 0 Å². The van der Waals surface area contributed by atoms with Crippen molar-refractivity contribution in [2.75, 3.05) is 13.1 Å². The van der Waals surface area contributed by atoms with Crippen LogP contribution in [0.5, 0.6) is 0 Å². The van der Waals surface area contributed by atoms with Crippen molar-refractivity contribution in [3.8, 4) is 0 Å². The quantitative estimate of drug-likeness (QED) is 0.912. The molecule has 1 aromatic heterocycles. The van der Waals surface area contributed by atoms with Crippen molar-refractivity contribution in [1.29, 1.82) is 0 Å². The first-order valence-electron chi connectivity index (χ1n) is 8.37. The Balaban J connectivity index is 1.85. The molecule has 0 bridgehead atoms. The summed E-state index contributed by atoms with van der Waals surface area (Å²) >= 11 is 0. The van der Waals surface area contributed by atoms with Crippen LogP contribution in [0.25, 0.3) is 16.5 Å². The Labute approximate surface area is 131 Å². The summed E-state index contributed by atoms with van der Waals surface area (Å²) in [7, 11) is 0. The Morgan fingerprint density at radius 3 is 3.09 bits per heavy atom. The lowest BCUT2D eigenvalue weighted by molar-refractivity contribution is 0.0418. The summed E-state index contributed by atoms with van der Waals surface area (Å²) in [6.07, 6.45) is 7.68. The van der Waals surface area contributed by atoms with Crippen molar-refractivity contribution in [1.82, 2.24) is 9.88 Å². The molecule has 2 aromatic rings. The van der Waals surface area contributed by atoms with Gasteiger partial charge in [0, 0.05) is 29.7 Å². The molecule has 22 heavy (non-hydrogen) atoms. The van der Waals surface area contributed by atoms with Crippen LogP contribution in [0.1, 0.15) is 37.8 Å². The number of aromatic amines is 1. The molecule has 1 aromatic carbocycles. The molecule has 0 amide bonds. The van der Waals surface area contributed by atoms with E-state index in [4.69, 9.17) is 0 Å². The van der Waals surface area contributed by atoms with Gasteiger partial charge in [-0.1, -0.05) is 25.5 Å². The first-order valence-corrected chi connectivity index (χ1v) is 8.37. The third-order valence-corrected chi connectivity index (χ3v) is 5.10. The van der Waals surface area contributed by atoms with Crippen molar-refractivity contribution in [3.05, 3.63) is 41.6 Å². The highest BCUT2D eigenvalue weighted by atomic mass is 16.3. The normalized spacial score (nSPS) is 27.8. The molecule has 0 fully saturated rings. The van der Waals surface area contributed by atoms with Crippen LogP contribution in [-0.4, -0.2) is 39.7 Å². The first kappa shape index (κ1) is 14.0. The van der Waals surface area contributed by atoms with Gasteiger partial charge in [-0.05, 0) is 55.2 Å². The zero-order valence-corrected chi connectivity index (χ0v) is 13.4. The maximum atomic E-state index is 10.7. The van der Waals surface area contributed by atoms with Crippen LogP contribution in [0.3, 0.4) is 0 Å². The maximum Gasteiger partial charge on any atom is 0.0932 e. The van der Waals surface area contributed by atoms with Gasteiger partial charge in [-0.15, -0.1) is 0 Å². The lowest BCUT2D eigenvalue weighted by Crippen LogP contribution is -2.51. The second kappa shape index (κ2) is 4.97. The summed E-state index contributed by atoms with van der Waals surface area (Å²) in [5, 5.41) is 12.1. The van der Waals surface area contributed by atoms with Gasteiger partial charge in [0.25, 0.3) is 0 Å². The van der Waals surface area contributed by atoms with Crippen LogP contribution in [0, 0.1) is 0 Å². The number of fused-ring (bicyclic) bond motifs is 2. The highest BCUT2D eigenvalue weighted by molar-refractivity contribution is 5.98. The van der Waals surface area contributed by atoms with Gasteiger partial charge in [0.2, 0.25) is 0 Å². The zero-order valence-electron chi connectivity index (χ0n) is 13.4. The number of nitrogens with zero attached hydrogens (tertiary/aromatic N) is 1. The number of benzene rings is 1. The minimum atomic E-state index is -0.741. The SMILES string of the molecule is CCCCN1C[C@@](C)(O)C=C2c3cccc4[nH]cc(c34)C[C@H]21. The van der Waals surface area contributed by atoms with E-state index in [0.29, 0.717) is 6.04 Å². The van der Waals surface area contributed by atoms with Gasteiger partial charge in [0.05, 0.1) is 5.60 Å². The molecule has 2 aliphatic rings. The Morgan fingerprint density at radius 1 is 1.41 bits per heavy atom. The van der Waals surface area contributed by atoms with Gasteiger partial charge < -0.3 is 10.1 Å². The van der Waals surface area contributed by atoms with Gasteiger partial charge >= 0.3 is 0 Å². The summed E-state index contributed by atoms with van der Waals surface area (Å²) in [5.41, 5.74) is 4.49. The second-order valence-electron chi connectivity index (χ2n) is 7.04. The number of aromatic nitrogens is 1. The smallest absolute Gasteiger partial charge is 0.0932 e. The average Bonchev–Trinajstić information content (AvgIpc) is 2.90. The van der Waals surface area contributed by atoms with Gasteiger partial charge in [-0.3, -0.25) is 4.90 Å². The lowest BCUT2D eigenvalue weighted by atomic mass is 9.79. The van der Waals surface area contributed by atoms with E-state index in [2.05, 4.69) is 47.3 Å². The number of hydrogen-bond donors (Lipinski definition) is 2. The van der Waals surface area contributed by atoms with E-state index in [-0.39, 0.29) is 0 Å². The van der Waals surface area contributed by atoms with Crippen LogP contribution < -0.4 is 0 Å². The number of hydrogen-bond acceptors (Lipinski definition) is 2. The van der Waals surface area contributed by atoms with Crippen LogP contribution in [0.2, 0.25) is 0 Å². The number of β-amino-alcohol motifs (C(OH)–C–C–N with tert-alkyl or cyclic N) is 1. The molecule has 4 rings (SSSR count). The third-order valence-electron chi connectivity index (χ3n) is 5.10. The molecule has 1 aliphatic carbocycles. The Hall–Kier alpha value is -1.58. The monoisotopic (exact) mass is 296 g/mol. The molecule has 2 N–H and O–H groups in total. The molecule has 1 aliphatic heterocycles. The molecule has 0 spiro atoms. The number of aliphatic hydroxyl groups is 1. The fourth-order valence-electron chi connectivity index (χ4n) is 4.15. The minimum Gasteiger partial charge on any atom is -0.385 e. The third kappa shape index (κ3) is 2.11. The Kier molecular flexibility index (Phi) is 3.17. The summed E-state index contributed by atoms with van der Waals surface area (Å²) in [6, 6.07) is 6.86. The van der Waals surface area contributed by atoms with E-state index in [9.17, 15) is 5.11 Å². The molecule has 2 atom stereocenters. The molecule has 116 valence electrons. The average molecular weight is 296 g/mol. The van der Waals surface area contributed by atoms with Crippen molar-refractivity contribution in [2.24, 2.45) is 0 Å². The number of nitrogens with one attached hydrogen (secondary N) is 1. The fourth-order valence-corrected chi connectivity index (χ4v) is 4.15. The zero-order chi connectivity index (χ0) is 15.3. The first-order chi connectivity index (χ1) is 10.6.